The van der Waals surface area contributed by atoms with Crippen LogP contribution in [-0.2, 0) is 16.4 Å². The molecule has 2 aromatic rings. The molecular weight excluding hydrogens is 362 g/mol. The molecule has 2 rings (SSSR count). The highest BCUT2D eigenvalue weighted by Crippen LogP contribution is 2.21. The summed E-state index contributed by atoms with van der Waals surface area (Å²) in [4.78, 5) is 10.9. The van der Waals surface area contributed by atoms with Crippen LogP contribution in [0.1, 0.15) is 18.9 Å². The maximum atomic E-state index is 11.3. The molecule has 0 radical (unpaired) electrons. The molecule has 0 aliphatic rings. The lowest BCUT2D eigenvalue weighted by atomic mass is 10.1. The van der Waals surface area contributed by atoms with E-state index in [2.05, 4.69) is 32.7 Å². The van der Waals surface area contributed by atoms with Crippen LogP contribution in [-0.4, -0.2) is 58.6 Å². The van der Waals surface area contributed by atoms with Crippen LogP contribution in [0.5, 0.6) is 0 Å². The molecule has 1 atom stereocenters. The fourth-order valence-electron chi connectivity index (χ4n) is 2.68. The van der Waals surface area contributed by atoms with Gasteiger partial charge in [0, 0.05) is 45.4 Å². The summed E-state index contributed by atoms with van der Waals surface area (Å²) in [6, 6.07) is 10.1. The summed E-state index contributed by atoms with van der Waals surface area (Å²) in [7, 11) is 2.68. The largest absolute Gasteiger partial charge is 0.363 e. The van der Waals surface area contributed by atoms with Crippen LogP contribution in [0.25, 0.3) is 10.9 Å². The highest BCUT2D eigenvalue weighted by molar-refractivity contribution is 7.90. The Bertz CT molecular complexity index is 909. The number of anilines is 1. The van der Waals surface area contributed by atoms with Crippen molar-refractivity contribution in [3.63, 3.8) is 0 Å². The first-order valence-corrected chi connectivity index (χ1v) is 11.0. The Labute approximate surface area is 161 Å². The van der Waals surface area contributed by atoms with Gasteiger partial charge >= 0.3 is 0 Å². The maximum Gasteiger partial charge on any atom is 0.191 e. The van der Waals surface area contributed by atoms with E-state index in [0.717, 1.165) is 22.3 Å². The number of hydrogen-bond donors (Lipinski definition) is 2. The Morgan fingerprint density at radius 2 is 2.00 bits per heavy atom. The summed E-state index contributed by atoms with van der Waals surface area (Å²) >= 11 is 0. The number of nitrogens with zero attached hydrogens (tertiary/aromatic N) is 3. The van der Waals surface area contributed by atoms with E-state index in [1.54, 1.807) is 7.05 Å². The van der Waals surface area contributed by atoms with Crippen molar-refractivity contribution in [2.24, 2.45) is 4.99 Å². The first-order valence-electron chi connectivity index (χ1n) is 8.90. The lowest BCUT2D eigenvalue weighted by Gasteiger charge is -2.19. The molecule has 0 spiro atoms. The summed E-state index contributed by atoms with van der Waals surface area (Å²) in [6.07, 6.45) is 1.78. The normalized spacial score (nSPS) is 13.4. The number of hydrogen-bond acceptors (Lipinski definition) is 5. The molecule has 148 valence electrons. The number of guanidine groups is 1. The van der Waals surface area contributed by atoms with Gasteiger partial charge in [0.2, 0.25) is 0 Å². The fraction of sp³-hybridized carbons (Fsp3) is 0.474. The van der Waals surface area contributed by atoms with E-state index >= 15 is 0 Å². The molecule has 0 aliphatic carbocycles. The van der Waals surface area contributed by atoms with Gasteiger partial charge in [-0.15, -0.1) is 0 Å². The Hall–Kier alpha value is -2.35. The number of para-hydroxylation sites is 1. The molecule has 1 unspecified atom stereocenters. The zero-order valence-electron chi connectivity index (χ0n) is 16.7. The van der Waals surface area contributed by atoms with E-state index in [4.69, 9.17) is 0 Å². The first kappa shape index (κ1) is 21.0. The summed E-state index contributed by atoms with van der Waals surface area (Å²) in [6.45, 7) is 2.53. The molecule has 0 bridgehead atoms. The van der Waals surface area contributed by atoms with Gasteiger partial charge in [-0.2, -0.15) is 0 Å². The van der Waals surface area contributed by atoms with Gasteiger partial charge in [-0.1, -0.05) is 18.2 Å². The minimum Gasteiger partial charge on any atom is -0.363 e. The van der Waals surface area contributed by atoms with Crippen LogP contribution >= 0.6 is 0 Å². The Morgan fingerprint density at radius 1 is 1.30 bits per heavy atom. The van der Waals surface area contributed by atoms with Crippen LogP contribution in [0.3, 0.4) is 0 Å². The van der Waals surface area contributed by atoms with E-state index in [1.807, 2.05) is 44.1 Å². The Balaban J connectivity index is 2.10. The molecule has 0 fully saturated rings. The summed E-state index contributed by atoms with van der Waals surface area (Å²) in [5.74, 6) is 1.69. The predicted molar refractivity (Wildman–Crippen MR) is 113 cm³/mol. The number of fused-ring (bicyclic) bond motifs is 1. The van der Waals surface area contributed by atoms with Gasteiger partial charge in [0.1, 0.15) is 15.7 Å². The van der Waals surface area contributed by atoms with Crippen molar-refractivity contribution in [1.82, 2.24) is 15.6 Å². The topological polar surface area (TPSA) is 86.7 Å². The van der Waals surface area contributed by atoms with Crippen molar-refractivity contribution < 1.29 is 8.42 Å². The molecule has 0 saturated carbocycles. The second kappa shape index (κ2) is 9.03. The highest BCUT2D eigenvalue weighted by Gasteiger charge is 2.11. The van der Waals surface area contributed by atoms with E-state index in [-0.39, 0.29) is 11.8 Å². The number of sulfone groups is 1. The van der Waals surface area contributed by atoms with Gasteiger partial charge in [-0.3, -0.25) is 4.99 Å². The predicted octanol–water partition coefficient (Wildman–Crippen LogP) is 1.79. The second-order valence-electron chi connectivity index (χ2n) is 6.94. The van der Waals surface area contributed by atoms with Gasteiger partial charge in [-0.25, -0.2) is 13.4 Å². The van der Waals surface area contributed by atoms with Gasteiger partial charge in [0.25, 0.3) is 0 Å². The minimum absolute atomic E-state index is 0.00237. The van der Waals surface area contributed by atoms with E-state index in [0.29, 0.717) is 18.9 Å². The molecule has 1 heterocycles. The van der Waals surface area contributed by atoms with Crippen molar-refractivity contribution in [2.75, 3.05) is 38.1 Å². The number of pyridine rings is 1. The molecule has 27 heavy (non-hydrogen) atoms. The molecule has 8 heteroatoms. The number of nitrogens with one attached hydrogen (secondary N) is 2. The van der Waals surface area contributed by atoms with E-state index in [1.165, 1.54) is 6.26 Å². The van der Waals surface area contributed by atoms with Gasteiger partial charge in [0.15, 0.2) is 5.96 Å². The second-order valence-corrected chi connectivity index (χ2v) is 9.20. The number of aromatic nitrogens is 1. The van der Waals surface area contributed by atoms with Crippen molar-refractivity contribution >= 4 is 32.5 Å². The van der Waals surface area contributed by atoms with Crippen LogP contribution in [0.15, 0.2) is 35.3 Å². The summed E-state index contributed by atoms with van der Waals surface area (Å²) in [5.41, 5.74) is 2.07. The van der Waals surface area contributed by atoms with E-state index in [9.17, 15) is 8.42 Å². The zero-order valence-corrected chi connectivity index (χ0v) is 17.5. The van der Waals surface area contributed by atoms with Gasteiger partial charge in [-0.05, 0) is 31.0 Å². The number of aliphatic imine (C=N–C) groups is 1. The minimum atomic E-state index is -2.97. The molecule has 1 aromatic carbocycles. The zero-order chi connectivity index (χ0) is 20.0. The average molecular weight is 392 g/mol. The van der Waals surface area contributed by atoms with Crippen molar-refractivity contribution in [3.8, 4) is 0 Å². The lowest BCUT2D eigenvalue weighted by Crippen LogP contribution is -2.42. The Kier molecular flexibility index (Phi) is 7.01. The SMILES string of the molecule is CN=C(NCc1cc(N(C)C)nc2ccccc12)NC(C)CCS(C)(=O)=O. The first-order chi connectivity index (χ1) is 12.7. The molecule has 2 N–H and O–H groups in total. The monoisotopic (exact) mass is 391 g/mol. The molecule has 0 amide bonds. The molecule has 0 saturated heterocycles. The van der Waals surface area contributed by atoms with Crippen molar-refractivity contribution in [2.45, 2.75) is 25.9 Å². The van der Waals surface area contributed by atoms with Gasteiger partial charge < -0.3 is 15.5 Å². The quantitative estimate of drug-likeness (QED) is 0.553. The lowest BCUT2D eigenvalue weighted by molar-refractivity contribution is 0.581. The third-order valence-electron chi connectivity index (χ3n) is 4.22. The molecule has 7 nitrogen and oxygen atoms in total. The summed E-state index contributed by atoms with van der Waals surface area (Å²) in [5, 5.41) is 7.65. The highest BCUT2D eigenvalue weighted by atomic mass is 32.2. The third kappa shape index (κ3) is 6.39. The third-order valence-corrected chi connectivity index (χ3v) is 5.20. The molecule has 1 aromatic heterocycles. The molecule has 0 aliphatic heterocycles. The van der Waals surface area contributed by atoms with Crippen molar-refractivity contribution in [3.05, 3.63) is 35.9 Å². The fourth-order valence-corrected chi connectivity index (χ4v) is 3.46. The van der Waals surface area contributed by atoms with Crippen LogP contribution in [0.2, 0.25) is 0 Å². The average Bonchev–Trinajstić information content (AvgIpc) is 2.62. The van der Waals surface area contributed by atoms with Crippen LogP contribution in [0, 0.1) is 0 Å². The van der Waals surface area contributed by atoms with Crippen LogP contribution in [0.4, 0.5) is 5.82 Å². The van der Waals surface area contributed by atoms with E-state index < -0.39 is 9.84 Å². The maximum absolute atomic E-state index is 11.3. The number of rotatable bonds is 7. The standard InChI is InChI=1S/C19H29N5O2S/c1-14(10-11-27(5,25)26)22-19(20-2)21-13-15-12-18(24(3)4)23-17-9-7-6-8-16(15)17/h6-9,12,14H,10-11,13H2,1-5H3,(H2,20,21,22). The summed E-state index contributed by atoms with van der Waals surface area (Å²) < 4.78 is 22.7. The Morgan fingerprint density at radius 3 is 2.63 bits per heavy atom. The van der Waals surface area contributed by atoms with Gasteiger partial charge in [0.05, 0.1) is 11.3 Å². The number of benzene rings is 1. The van der Waals surface area contributed by atoms with Crippen molar-refractivity contribution in [1.29, 1.82) is 0 Å². The molecular formula is C19H29N5O2S. The van der Waals surface area contributed by atoms with Crippen LogP contribution < -0.4 is 15.5 Å². The smallest absolute Gasteiger partial charge is 0.191 e.